The third-order valence-corrected chi connectivity index (χ3v) is 4.71. The average molecular weight is 524 g/mol. The lowest BCUT2D eigenvalue weighted by Gasteiger charge is -2.41. The molecule has 3 nitrogen and oxygen atoms in total. The smallest absolute Gasteiger partial charge is 0.430 e. The van der Waals surface area contributed by atoms with E-state index in [-0.39, 0.29) is 16.7 Å². The monoisotopic (exact) mass is 524 g/mol. The second kappa shape index (κ2) is 5.62. The summed E-state index contributed by atoms with van der Waals surface area (Å²) in [4.78, 5) is 9.42. The lowest BCUT2D eigenvalue weighted by Crippen LogP contribution is -2.41. The van der Waals surface area contributed by atoms with Gasteiger partial charge in [0.25, 0.3) is 0 Å². The van der Waals surface area contributed by atoms with Crippen molar-refractivity contribution in [3.8, 4) is 5.75 Å². The molecule has 0 amide bonds. The Hall–Kier alpha value is -1.25. The maximum atomic E-state index is 13.1. The molecule has 13 heteroatoms. The van der Waals surface area contributed by atoms with Crippen molar-refractivity contribution in [2.75, 3.05) is 4.61 Å². The van der Waals surface area contributed by atoms with Crippen LogP contribution < -0.4 is 4.74 Å². The van der Waals surface area contributed by atoms with Crippen LogP contribution in [0.1, 0.15) is 11.1 Å². The van der Waals surface area contributed by atoms with Gasteiger partial charge in [-0.15, -0.1) is 0 Å². The number of halogens is 9. The van der Waals surface area contributed by atoms with E-state index in [0.29, 0.717) is 6.08 Å². The number of carbonyl (C=O) groups excluding carboxylic acids is 1. The summed E-state index contributed by atoms with van der Waals surface area (Å²) in [6.07, 6.45) is -7.46. The molecule has 0 radical (unpaired) electrons. The first kappa shape index (κ1) is 21.1. The number of aryl methyl sites for hydroxylation is 1. The molecule has 2 rings (SSSR count). The molecule has 1 aliphatic heterocycles. The summed E-state index contributed by atoms with van der Waals surface area (Å²) < 4.78 is 113. The fourth-order valence-electron chi connectivity index (χ4n) is 2.22. The van der Waals surface area contributed by atoms with E-state index in [2.05, 4.69) is 9.47 Å². The standard InChI is InChI=1S/C13H9F8IO3S/c1-6-2-8(26(17,18,19,20)21)3-7-4-9(12(23)24-5-22)11(13(14,15)16)25-10(6)7/h2-4,11H,5H2,1H3. The summed E-state index contributed by atoms with van der Waals surface area (Å²) in [6, 6.07) is -0.0381. The number of esters is 1. The van der Waals surface area contributed by atoms with Gasteiger partial charge < -0.3 is 9.47 Å². The Morgan fingerprint density at radius 3 is 2.27 bits per heavy atom. The lowest BCUT2D eigenvalue weighted by molar-refractivity contribution is -0.187. The van der Waals surface area contributed by atoms with Gasteiger partial charge in [0.1, 0.15) is 15.3 Å². The maximum absolute atomic E-state index is 13.1. The first-order chi connectivity index (χ1) is 11.4. The lowest BCUT2D eigenvalue weighted by atomic mass is 9.99. The molecular weight excluding hydrogens is 515 g/mol. The Balaban J connectivity index is 2.71. The molecule has 0 N–H and O–H groups in total. The molecule has 1 heterocycles. The van der Waals surface area contributed by atoms with E-state index in [0.717, 1.165) is 6.92 Å². The van der Waals surface area contributed by atoms with Gasteiger partial charge in [-0.3, -0.25) is 0 Å². The molecule has 0 aliphatic carbocycles. The summed E-state index contributed by atoms with van der Waals surface area (Å²) in [7, 11) is -10.1. The number of ether oxygens (including phenoxy) is 2. The van der Waals surface area contributed by atoms with Crippen molar-refractivity contribution in [3.63, 3.8) is 0 Å². The quantitative estimate of drug-likeness (QED) is 0.202. The number of alkyl halides is 4. The topological polar surface area (TPSA) is 35.5 Å². The fourth-order valence-corrected chi connectivity index (χ4v) is 3.26. The van der Waals surface area contributed by atoms with Crippen molar-refractivity contribution in [3.05, 3.63) is 28.8 Å². The molecule has 148 valence electrons. The van der Waals surface area contributed by atoms with E-state index < -0.39 is 55.8 Å². The van der Waals surface area contributed by atoms with Gasteiger partial charge in [-0.1, -0.05) is 19.4 Å². The zero-order valence-electron chi connectivity index (χ0n) is 12.6. The highest BCUT2D eigenvalue weighted by Gasteiger charge is 2.65. The highest BCUT2D eigenvalue weighted by molar-refractivity contribution is 14.1. The zero-order chi connectivity index (χ0) is 20.2. The Labute approximate surface area is 155 Å². The number of hydrogen-bond donors (Lipinski definition) is 0. The van der Waals surface area contributed by atoms with E-state index >= 15 is 0 Å². The predicted octanol–water partition coefficient (Wildman–Crippen LogP) is 6.29. The van der Waals surface area contributed by atoms with Crippen LogP contribution in [0.3, 0.4) is 0 Å². The van der Waals surface area contributed by atoms with Gasteiger partial charge in [0.15, 0.2) is 0 Å². The number of carbonyl (C=O) groups is 1. The maximum Gasteiger partial charge on any atom is 0.430 e. The molecule has 0 fully saturated rings. The molecule has 0 saturated heterocycles. The summed E-state index contributed by atoms with van der Waals surface area (Å²) in [6.45, 7) is 0.890. The molecule has 1 aromatic carbocycles. The molecule has 1 atom stereocenters. The van der Waals surface area contributed by atoms with Crippen LogP contribution in [-0.4, -0.2) is 22.9 Å². The van der Waals surface area contributed by atoms with Crippen molar-refractivity contribution in [2.45, 2.75) is 24.1 Å². The molecule has 0 saturated carbocycles. The molecule has 0 bridgehead atoms. The summed E-state index contributed by atoms with van der Waals surface area (Å²) in [5.74, 6) is -2.16. The SMILES string of the molecule is Cc1cc(S(F)(F)(F)(F)F)cc2c1OC(C(F)(F)F)C(C(=O)OCI)=C2. The van der Waals surface area contributed by atoms with Crippen LogP contribution >= 0.6 is 32.8 Å². The molecule has 0 aromatic heterocycles. The fraction of sp³-hybridized carbons (Fsp3) is 0.308. The summed E-state index contributed by atoms with van der Waals surface area (Å²) in [5, 5.41) is 0. The predicted molar refractivity (Wildman–Crippen MR) is 86.0 cm³/mol. The molecule has 1 unspecified atom stereocenters. The second-order valence-electron chi connectivity index (χ2n) is 5.31. The number of fused-ring (bicyclic) bond motifs is 1. The highest BCUT2D eigenvalue weighted by atomic mass is 127. The van der Waals surface area contributed by atoms with Crippen molar-refractivity contribution in [2.24, 2.45) is 0 Å². The molecule has 1 aliphatic rings. The van der Waals surface area contributed by atoms with Crippen LogP contribution in [0.15, 0.2) is 22.6 Å². The van der Waals surface area contributed by atoms with Crippen molar-refractivity contribution in [1.82, 2.24) is 0 Å². The van der Waals surface area contributed by atoms with E-state index in [9.17, 15) is 37.4 Å². The summed E-state index contributed by atoms with van der Waals surface area (Å²) >= 11 is 1.52. The number of benzene rings is 1. The molecule has 26 heavy (non-hydrogen) atoms. The Bertz CT molecular complexity index is 801. The van der Waals surface area contributed by atoms with Crippen molar-refractivity contribution >= 4 is 44.9 Å². The van der Waals surface area contributed by atoms with Gasteiger partial charge in [0.2, 0.25) is 6.10 Å². The van der Waals surface area contributed by atoms with Gasteiger partial charge in [0.05, 0.1) is 5.57 Å². The van der Waals surface area contributed by atoms with Crippen LogP contribution in [0, 0.1) is 6.92 Å². The van der Waals surface area contributed by atoms with Crippen LogP contribution in [0.2, 0.25) is 0 Å². The van der Waals surface area contributed by atoms with Crippen LogP contribution in [0.5, 0.6) is 5.75 Å². The highest BCUT2D eigenvalue weighted by Crippen LogP contribution is 3.02. The van der Waals surface area contributed by atoms with E-state index in [1.165, 1.54) is 22.6 Å². The van der Waals surface area contributed by atoms with E-state index in [1.807, 2.05) is 0 Å². The number of hydrogen-bond acceptors (Lipinski definition) is 3. The first-order valence-electron chi connectivity index (χ1n) is 6.51. The van der Waals surface area contributed by atoms with Crippen LogP contribution in [0.25, 0.3) is 6.08 Å². The van der Waals surface area contributed by atoms with Crippen molar-refractivity contribution in [1.29, 1.82) is 0 Å². The van der Waals surface area contributed by atoms with E-state index in [4.69, 9.17) is 0 Å². The first-order valence-corrected chi connectivity index (χ1v) is 9.98. The average Bonchev–Trinajstić information content (AvgIpc) is 2.42. The number of rotatable bonds is 3. The van der Waals surface area contributed by atoms with Crippen molar-refractivity contribution < 1.29 is 46.9 Å². The van der Waals surface area contributed by atoms with Gasteiger partial charge in [0, 0.05) is 5.56 Å². The molecule has 1 aromatic rings. The normalized spacial score (nSPS) is 20.2. The largest absolute Gasteiger partial charge is 0.475 e. The Morgan fingerprint density at radius 2 is 1.81 bits per heavy atom. The van der Waals surface area contributed by atoms with Gasteiger partial charge in [-0.05, 0) is 53.3 Å². The summed E-state index contributed by atoms with van der Waals surface area (Å²) in [5.41, 5.74) is -2.45. The minimum atomic E-state index is -10.1. The van der Waals surface area contributed by atoms with Gasteiger partial charge in [-0.25, -0.2) is 4.79 Å². The van der Waals surface area contributed by atoms with Crippen LogP contribution in [-0.2, 0) is 9.53 Å². The second-order valence-corrected chi connectivity index (χ2v) is 8.34. The minimum absolute atomic E-state index is 0.00973. The van der Waals surface area contributed by atoms with Gasteiger partial charge >= 0.3 is 22.4 Å². The molecular formula is C13H9F8IO3S. The Kier molecular flexibility index (Phi) is 4.55. The van der Waals surface area contributed by atoms with Gasteiger partial charge in [-0.2, -0.15) is 13.2 Å². The molecule has 0 spiro atoms. The minimum Gasteiger partial charge on any atom is -0.475 e. The zero-order valence-corrected chi connectivity index (χ0v) is 15.5. The Morgan fingerprint density at radius 1 is 1.23 bits per heavy atom. The third-order valence-electron chi connectivity index (χ3n) is 3.27. The third kappa shape index (κ3) is 4.35. The van der Waals surface area contributed by atoms with E-state index in [1.54, 1.807) is 0 Å². The van der Waals surface area contributed by atoms with Crippen LogP contribution in [0.4, 0.5) is 32.6 Å².